The molecule has 1 atom stereocenters. The van der Waals surface area contributed by atoms with E-state index in [1.54, 1.807) is 12.4 Å². The van der Waals surface area contributed by atoms with Gasteiger partial charge in [0.1, 0.15) is 0 Å². The summed E-state index contributed by atoms with van der Waals surface area (Å²) < 4.78 is 4.57. The number of carbonyl (C=O) groups is 1. The van der Waals surface area contributed by atoms with E-state index in [2.05, 4.69) is 9.72 Å². The molecule has 4 heteroatoms. The monoisotopic (exact) mass is 168 g/mol. The van der Waals surface area contributed by atoms with Crippen molar-refractivity contribution < 1.29 is 9.53 Å². The maximum Gasteiger partial charge on any atom is 0.339 e. The fourth-order valence-electron chi connectivity index (χ4n) is 1.04. The molecule has 1 unspecified atom stereocenters. The fourth-order valence-corrected chi connectivity index (χ4v) is 1.04. The molecule has 1 aromatic rings. The lowest BCUT2D eigenvalue weighted by Gasteiger charge is -2.04. The van der Waals surface area contributed by atoms with E-state index in [4.69, 9.17) is 5.73 Å². The van der Waals surface area contributed by atoms with E-state index >= 15 is 0 Å². The molecule has 0 bridgehead atoms. The summed E-state index contributed by atoms with van der Waals surface area (Å²) >= 11 is 0. The van der Waals surface area contributed by atoms with Gasteiger partial charge in [-0.3, -0.25) is 0 Å². The fraction of sp³-hybridized carbons (Fsp3) is 0.375. The summed E-state index contributed by atoms with van der Waals surface area (Å²) in [7, 11) is 1.35. The van der Waals surface area contributed by atoms with Crippen molar-refractivity contribution in [3.8, 4) is 0 Å². The Morgan fingerprint density at radius 2 is 2.33 bits per heavy atom. The van der Waals surface area contributed by atoms with Crippen molar-refractivity contribution in [2.75, 3.05) is 7.11 Å². The number of ether oxygens (including phenoxy) is 1. The van der Waals surface area contributed by atoms with E-state index in [1.807, 2.05) is 6.92 Å². The maximum absolute atomic E-state index is 11.1. The smallest absolute Gasteiger partial charge is 0.339 e. The average Bonchev–Trinajstić information content (AvgIpc) is 2.50. The van der Waals surface area contributed by atoms with Gasteiger partial charge >= 0.3 is 5.97 Å². The van der Waals surface area contributed by atoms with Crippen molar-refractivity contribution in [2.24, 2.45) is 5.73 Å². The molecule has 1 heterocycles. The van der Waals surface area contributed by atoms with Crippen LogP contribution in [0.5, 0.6) is 0 Å². The van der Waals surface area contributed by atoms with Gasteiger partial charge in [0.05, 0.1) is 12.7 Å². The van der Waals surface area contributed by atoms with Gasteiger partial charge in [0.15, 0.2) is 0 Å². The zero-order valence-electron chi connectivity index (χ0n) is 7.13. The Kier molecular flexibility index (Phi) is 2.50. The van der Waals surface area contributed by atoms with Crippen LogP contribution >= 0.6 is 0 Å². The van der Waals surface area contributed by atoms with Crippen LogP contribution in [-0.2, 0) is 4.74 Å². The molecule has 0 aliphatic rings. The molecule has 1 rings (SSSR count). The van der Waals surface area contributed by atoms with E-state index in [9.17, 15) is 4.79 Å². The zero-order chi connectivity index (χ0) is 9.14. The Hall–Kier alpha value is -1.29. The summed E-state index contributed by atoms with van der Waals surface area (Å²) in [4.78, 5) is 13.9. The molecule has 12 heavy (non-hydrogen) atoms. The lowest BCUT2D eigenvalue weighted by Crippen LogP contribution is -2.10. The highest BCUT2D eigenvalue weighted by molar-refractivity contribution is 5.90. The number of methoxy groups -OCH3 is 1. The first kappa shape index (κ1) is 8.80. The lowest BCUT2D eigenvalue weighted by molar-refractivity contribution is 0.0599. The van der Waals surface area contributed by atoms with Crippen LogP contribution in [0.1, 0.15) is 28.9 Å². The SMILES string of the molecule is COC(=O)c1c[nH]cc1C(C)N. The Morgan fingerprint density at radius 3 is 2.83 bits per heavy atom. The third kappa shape index (κ3) is 1.48. The minimum atomic E-state index is -0.358. The molecule has 1 aromatic heterocycles. The van der Waals surface area contributed by atoms with Gasteiger partial charge in [0.2, 0.25) is 0 Å². The van der Waals surface area contributed by atoms with Crippen LogP contribution in [0.4, 0.5) is 0 Å². The third-order valence-electron chi connectivity index (χ3n) is 1.67. The van der Waals surface area contributed by atoms with Crippen molar-refractivity contribution in [1.29, 1.82) is 0 Å². The van der Waals surface area contributed by atoms with Gasteiger partial charge in [-0.1, -0.05) is 0 Å². The molecule has 0 saturated heterocycles. The van der Waals surface area contributed by atoms with E-state index in [0.717, 1.165) is 5.56 Å². The molecule has 0 aromatic carbocycles. The normalized spacial score (nSPS) is 12.6. The second kappa shape index (κ2) is 3.40. The number of nitrogens with two attached hydrogens (primary N) is 1. The number of aromatic nitrogens is 1. The highest BCUT2D eigenvalue weighted by atomic mass is 16.5. The zero-order valence-corrected chi connectivity index (χ0v) is 7.13. The molecule has 0 amide bonds. The van der Waals surface area contributed by atoms with Gasteiger partial charge in [-0.15, -0.1) is 0 Å². The molecule has 0 fully saturated rings. The first-order chi connectivity index (χ1) is 5.66. The molecule has 0 aliphatic carbocycles. The highest BCUT2D eigenvalue weighted by Crippen LogP contribution is 2.15. The summed E-state index contributed by atoms with van der Waals surface area (Å²) in [6.07, 6.45) is 3.29. The number of hydrogen-bond donors (Lipinski definition) is 2. The molecule has 3 N–H and O–H groups in total. The molecule has 0 saturated carbocycles. The molecule has 0 spiro atoms. The van der Waals surface area contributed by atoms with Crippen LogP contribution in [-0.4, -0.2) is 18.1 Å². The molecule has 0 aliphatic heterocycles. The average molecular weight is 168 g/mol. The van der Waals surface area contributed by atoms with E-state index in [-0.39, 0.29) is 12.0 Å². The predicted molar refractivity (Wildman–Crippen MR) is 44.7 cm³/mol. The number of nitrogens with one attached hydrogen (secondary N) is 1. The van der Waals surface area contributed by atoms with E-state index < -0.39 is 0 Å². The van der Waals surface area contributed by atoms with Crippen LogP contribution in [0.3, 0.4) is 0 Å². The van der Waals surface area contributed by atoms with Gasteiger partial charge in [0.25, 0.3) is 0 Å². The van der Waals surface area contributed by atoms with Crippen LogP contribution < -0.4 is 5.73 Å². The number of esters is 1. The van der Waals surface area contributed by atoms with E-state index in [0.29, 0.717) is 5.56 Å². The maximum atomic E-state index is 11.1. The number of aromatic amines is 1. The van der Waals surface area contributed by atoms with Crippen molar-refractivity contribution in [1.82, 2.24) is 4.98 Å². The van der Waals surface area contributed by atoms with Gasteiger partial charge in [0, 0.05) is 24.0 Å². The molecular weight excluding hydrogens is 156 g/mol. The van der Waals surface area contributed by atoms with Crippen molar-refractivity contribution in [3.05, 3.63) is 23.5 Å². The van der Waals surface area contributed by atoms with Crippen LogP contribution in [0.25, 0.3) is 0 Å². The largest absolute Gasteiger partial charge is 0.465 e. The highest BCUT2D eigenvalue weighted by Gasteiger charge is 2.14. The minimum Gasteiger partial charge on any atom is -0.465 e. The van der Waals surface area contributed by atoms with Crippen molar-refractivity contribution in [2.45, 2.75) is 13.0 Å². The molecule has 4 nitrogen and oxygen atoms in total. The van der Waals surface area contributed by atoms with Crippen molar-refractivity contribution >= 4 is 5.97 Å². The molecular formula is C8H12N2O2. The van der Waals surface area contributed by atoms with Crippen LogP contribution in [0, 0.1) is 0 Å². The Balaban J connectivity index is 2.99. The predicted octanol–water partition coefficient (Wildman–Crippen LogP) is 0.821. The number of H-pyrrole nitrogens is 1. The summed E-state index contributed by atoms with van der Waals surface area (Å²) in [5.74, 6) is -0.358. The van der Waals surface area contributed by atoms with Crippen LogP contribution in [0.2, 0.25) is 0 Å². The topological polar surface area (TPSA) is 68.1 Å². The van der Waals surface area contributed by atoms with Gasteiger partial charge in [-0.25, -0.2) is 4.79 Å². The molecule has 0 radical (unpaired) electrons. The number of hydrogen-bond acceptors (Lipinski definition) is 3. The summed E-state index contributed by atoms with van der Waals surface area (Å²) in [5, 5.41) is 0. The molecule has 66 valence electrons. The first-order valence-corrected chi connectivity index (χ1v) is 3.67. The second-order valence-corrected chi connectivity index (χ2v) is 2.60. The first-order valence-electron chi connectivity index (χ1n) is 3.67. The summed E-state index contributed by atoms with van der Waals surface area (Å²) in [6.45, 7) is 1.82. The third-order valence-corrected chi connectivity index (χ3v) is 1.67. The second-order valence-electron chi connectivity index (χ2n) is 2.60. The number of carbonyl (C=O) groups excluding carboxylic acids is 1. The Labute approximate surface area is 70.7 Å². The van der Waals surface area contributed by atoms with Gasteiger partial charge < -0.3 is 15.5 Å². The summed E-state index contributed by atoms with van der Waals surface area (Å²) in [5.41, 5.74) is 6.91. The summed E-state index contributed by atoms with van der Waals surface area (Å²) in [6, 6.07) is -0.162. The quantitative estimate of drug-likeness (QED) is 0.642. The lowest BCUT2D eigenvalue weighted by atomic mass is 10.1. The number of rotatable bonds is 2. The van der Waals surface area contributed by atoms with Gasteiger partial charge in [-0.05, 0) is 6.92 Å². The Bertz CT molecular complexity index is 278. The minimum absolute atomic E-state index is 0.162. The van der Waals surface area contributed by atoms with E-state index in [1.165, 1.54) is 7.11 Å². The van der Waals surface area contributed by atoms with Crippen LogP contribution in [0.15, 0.2) is 12.4 Å². The van der Waals surface area contributed by atoms with Crippen molar-refractivity contribution in [3.63, 3.8) is 0 Å². The Morgan fingerprint density at radius 1 is 1.67 bits per heavy atom. The van der Waals surface area contributed by atoms with Gasteiger partial charge in [-0.2, -0.15) is 0 Å². The standard InChI is InChI=1S/C8H12N2O2/c1-5(9)6-3-10-4-7(6)8(11)12-2/h3-5,10H,9H2,1-2H3.